The quantitative estimate of drug-likeness (QED) is 0.648. The number of allylic oxidation sites excluding steroid dienone is 2. The summed E-state index contributed by atoms with van der Waals surface area (Å²) in [5, 5.41) is 0. The van der Waals surface area contributed by atoms with Crippen LogP contribution in [0.4, 0.5) is 0 Å². The molecule has 0 fully saturated rings. The summed E-state index contributed by atoms with van der Waals surface area (Å²) < 4.78 is 0. The Kier molecular flexibility index (Phi) is 124. The van der Waals surface area contributed by atoms with Crippen molar-refractivity contribution in [2.75, 3.05) is 0 Å². The maximum Gasteiger partial charge on any atom is 0 e. The largest absolute Gasteiger partial charge is 1.00 e. The molecule has 0 saturated heterocycles. The third-order valence-electron chi connectivity index (χ3n) is 0.577. The zero-order valence-electron chi connectivity index (χ0n) is 8.04. The van der Waals surface area contributed by atoms with Gasteiger partial charge in [0, 0.05) is 37.7 Å². The van der Waals surface area contributed by atoms with Crippen LogP contribution in [0.25, 0.3) is 0 Å². The smallest absolute Gasteiger partial charge is 0 e. The summed E-state index contributed by atoms with van der Waals surface area (Å²) in [6, 6.07) is 0. The van der Waals surface area contributed by atoms with Crippen LogP contribution in [0.15, 0.2) is 25.3 Å². The van der Waals surface area contributed by atoms with Gasteiger partial charge in [0.25, 0.3) is 0 Å². The first-order valence-corrected chi connectivity index (χ1v) is 3.05. The van der Waals surface area contributed by atoms with Crippen LogP contribution < -0.4 is 6.15 Å². The molecule has 0 saturated carbocycles. The average Bonchev–Trinajstić information content (AvgIpc) is 1.88. The monoisotopic (exact) mass is 186 g/mol. The van der Waals surface area contributed by atoms with E-state index in [2.05, 4.69) is 27.0 Å². The average molecular weight is 186 g/mol. The van der Waals surface area contributed by atoms with Crippen molar-refractivity contribution in [3.63, 3.8) is 0 Å². The van der Waals surface area contributed by atoms with Crippen LogP contribution in [0.1, 0.15) is 35.5 Å². The van der Waals surface area contributed by atoms with Gasteiger partial charge >= 0.3 is 0 Å². The van der Waals surface area contributed by atoms with E-state index in [9.17, 15) is 0 Å². The summed E-state index contributed by atoms with van der Waals surface area (Å²) in [5.74, 6) is 0. The Hall–Kier alpha value is 0.700. The van der Waals surface area contributed by atoms with Crippen LogP contribution in [-0.2, 0) is 0 Å². The van der Waals surface area contributed by atoms with Gasteiger partial charge in [0.05, 0.1) is 0 Å². The van der Waals surface area contributed by atoms with Crippen LogP contribution in [0.2, 0.25) is 0 Å². The molecule has 0 radical (unpaired) electrons. The molecule has 11 heavy (non-hydrogen) atoms. The second-order valence-electron chi connectivity index (χ2n) is 1.39. The first kappa shape index (κ1) is 29.8. The molecule has 0 atom stereocenters. The second-order valence-corrected chi connectivity index (χ2v) is 1.39. The molecule has 0 amide bonds. The molecule has 0 aliphatic heterocycles. The van der Waals surface area contributed by atoms with E-state index < -0.39 is 0 Å². The summed E-state index contributed by atoms with van der Waals surface area (Å²) in [7, 11) is 0. The van der Waals surface area contributed by atoms with Crippen molar-refractivity contribution < 1.29 is 39.2 Å². The Morgan fingerprint density at radius 3 is 1.18 bits per heavy atom. The molecule has 0 bridgehead atoms. The predicted octanol–water partition coefficient (Wildman–Crippen LogP) is 4.08. The summed E-state index contributed by atoms with van der Waals surface area (Å²) in [4.78, 5) is 0. The molecule has 0 unspecified atom stereocenters. The van der Waals surface area contributed by atoms with Gasteiger partial charge in [-0.05, 0) is 12.8 Å². The van der Waals surface area contributed by atoms with Gasteiger partial charge in [0.1, 0.15) is 0 Å². The van der Waals surface area contributed by atoms with Crippen molar-refractivity contribution in [3.8, 4) is 0 Å². The maximum absolute atomic E-state index is 3.48. The molecule has 1 nitrogen and oxygen atoms in total. The van der Waals surface area contributed by atoms with Gasteiger partial charge in [-0.3, -0.25) is 0 Å². The van der Waals surface area contributed by atoms with Crippen molar-refractivity contribution in [1.29, 1.82) is 0 Å². The topological polar surface area (TPSA) is 35.0 Å². The van der Waals surface area contributed by atoms with Gasteiger partial charge in [-0.1, -0.05) is 33.4 Å². The van der Waals surface area contributed by atoms with Gasteiger partial charge in [-0.25, -0.2) is 0 Å². The molecule has 3 N–H and O–H groups in total. The predicted molar refractivity (Wildman–Crippen MR) is 53.8 cm³/mol. The van der Waals surface area contributed by atoms with Crippen molar-refractivity contribution in [1.82, 2.24) is 6.15 Å². The van der Waals surface area contributed by atoms with Gasteiger partial charge in [-0.15, -0.1) is 13.2 Å². The summed E-state index contributed by atoms with van der Waals surface area (Å²) in [5.41, 5.74) is 0. The zero-order chi connectivity index (χ0) is 6.83. The van der Waals surface area contributed by atoms with Crippen molar-refractivity contribution in [2.24, 2.45) is 0 Å². The molecule has 0 heterocycles. The first-order chi connectivity index (χ1) is 3.83. The fourth-order valence-corrected chi connectivity index (χ4v) is 0. The molecular weight excluding hydrogens is 162 g/mol. The number of hydrogen-bond acceptors (Lipinski definition) is 1. The number of rotatable bonds is 2. The molecule has 74 valence electrons. The summed E-state index contributed by atoms with van der Waals surface area (Å²) in [6.45, 7) is 11.1. The van der Waals surface area contributed by atoms with Crippen LogP contribution in [-0.4, -0.2) is 0 Å². The Morgan fingerprint density at radius 1 is 1.09 bits per heavy atom. The van der Waals surface area contributed by atoms with Gasteiger partial charge in [-0.2, -0.15) is 0 Å². The van der Waals surface area contributed by atoms with E-state index in [-0.39, 0.29) is 52.7 Å². The third kappa shape index (κ3) is 111. The van der Waals surface area contributed by atoms with E-state index in [0.717, 1.165) is 12.8 Å². The van der Waals surface area contributed by atoms with Crippen molar-refractivity contribution in [3.05, 3.63) is 25.3 Å². The SMILES string of the molecule is C.C=CCC.C=CCC.N.[Ar].[H-]. The normalized spacial score (nSPS) is 4.55. The summed E-state index contributed by atoms with van der Waals surface area (Å²) >= 11 is 0. The minimum Gasteiger partial charge on any atom is -1.00 e. The molecule has 0 aromatic rings. The van der Waals surface area contributed by atoms with Crippen LogP contribution in [0.5, 0.6) is 0 Å². The number of hydrogen-bond donors (Lipinski definition) is 1. The Labute approximate surface area is 104 Å². The van der Waals surface area contributed by atoms with Gasteiger partial charge in [0.15, 0.2) is 0 Å². The minimum atomic E-state index is 0. The first-order valence-electron chi connectivity index (χ1n) is 3.05. The second kappa shape index (κ2) is 45.6. The van der Waals surface area contributed by atoms with E-state index >= 15 is 0 Å². The maximum atomic E-state index is 3.48. The molecule has 0 aliphatic carbocycles. The van der Waals surface area contributed by atoms with Gasteiger partial charge in [0.2, 0.25) is 0 Å². The molecular formula is C9H24ArN-. The third-order valence-corrected chi connectivity index (χ3v) is 0.577. The summed E-state index contributed by atoms with van der Waals surface area (Å²) in [6.07, 6.45) is 5.92. The van der Waals surface area contributed by atoms with E-state index in [0.29, 0.717) is 0 Å². The van der Waals surface area contributed by atoms with E-state index in [4.69, 9.17) is 0 Å². The van der Waals surface area contributed by atoms with E-state index in [1.165, 1.54) is 0 Å². The molecule has 0 aromatic carbocycles. The molecule has 0 aliphatic rings. The molecule has 2 heteroatoms. The molecule has 0 rings (SSSR count). The molecule has 0 aromatic heterocycles. The van der Waals surface area contributed by atoms with Crippen molar-refractivity contribution >= 4 is 0 Å². The van der Waals surface area contributed by atoms with E-state index in [1.54, 1.807) is 0 Å². The van der Waals surface area contributed by atoms with E-state index in [1.807, 2.05) is 12.2 Å². The fourth-order valence-electron chi connectivity index (χ4n) is 0. The Bertz CT molecular complexity index is 50.5. The standard InChI is InChI=1S/2C4H8.CH4.Ar.H3N.H/c2*1-3-4-2;;;;/h2*3H,1,4H2,2H3;1H4;;1H3;/q;;;;;-1. The van der Waals surface area contributed by atoms with Gasteiger partial charge < -0.3 is 7.58 Å². The Balaban J connectivity index is -0.0000000112. The minimum absolute atomic E-state index is 0. The van der Waals surface area contributed by atoms with Crippen LogP contribution in [0.3, 0.4) is 0 Å². The Morgan fingerprint density at radius 2 is 1.18 bits per heavy atom. The van der Waals surface area contributed by atoms with Crippen molar-refractivity contribution in [2.45, 2.75) is 34.1 Å². The zero-order valence-corrected chi connectivity index (χ0v) is 7.75. The molecule has 0 spiro atoms. The fraction of sp³-hybridized carbons (Fsp3) is 0.556. The van der Waals surface area contributed by atoms with Crippen LogP contribution >= 0.6 is 0 Å². The van der Waals surface area contributed by atoms with Crippen LogP contribution in [0, 0.1) is 37.7 Å².